The van der Waals surface area contributed by atoms with Crippen molar-refractivity contribution < 1.29 is 19.1 Å². The van der Waals surface area contributed by atoms with Crippen LogP contribution < -0.4 is 0 Å². The van der Waals surface area contributed by atoms with Gasteiger partial charge < -0.3 is 9.47 Å². The predicted molar refractivity (Wildman–Crippen MR) is 93.0 cm³/mol. The molecular weight excluding hydrogens is 306 g/mol. The van der Waals surface area contributed by atoms with Crippen LogP contribution in [0.5, 0.6) is 0 Å². The van der Waals surface area contributed by atoms with E-state index in [4.69, 9.17) is 9.47 Å². The Morgan fingerprint density at radius 3 is 2.17 bits per heavy atom. The van der Waals surface area contributed by atoms with Crippen molar-refractivity contribution in [3.05, 3.63) is 29.6 Å². The summed E-state index contributed by atoms with van der Waals surface area (Å²) in [4.78, 5) is 27.9. The van der Waals surface area contributed by atoms with Crippen molar-refractivity contribution in [2.24, 2.45) is 5.92 Å². The summed E-state index contributed by atoms with van der Waals surface area (Å²) in [5.41, 5.74) is 0.268. The highest BCUT2D eigenvalue weighted by Crippen LogP contribution is 2.07. The number of nitrogens with zero attached hydrogens (tertiary/aromatic N) is 1. The summed E-state index contributed by atoms with van der Waals surface area (Å²) in [7, 11) is 0. The van der Waals surface area contributed by atoms with Gasteiger partial charge in [-0.25, -0.2) is 14.6 Å². The standard InChI is InChI=1S/C19H29NO4/c1-4-5-6-7-8-9-13-23-18(21)16-11-10-12-17(20-16)19(22)24-14-15(2)3/h10-12,15H,4-9,13-14H2,1-3H3. The Kier molecular flexibility index (Phi) is 9.73. The molecule has 0 saturated heterocycles. The quantitative estimate of drug-likeness (QED) is 0.442. The molecule has 0 N–H and O–H groups in total. The number of pyridine rings is 1. The minimum absolute atomic E-state index is 0.129. The van der Waals surface area contributed by atoms with Crippen LogP contribution in [0.25, 0.3) is 0 Å². The third-order valence-corrected chi connectivity index (χ3v) is 3.45. The van der Waals surface area contributed by atoms with Crippen molar-refractivity contribution in [1.29, 1.82) is 0 Å². The molecule has 24 heavy (non-hydrogen) atoms. The number of carbonyl (C=O) groups is 2. The zero-order chi connectivity index (χ0) is 17.8. The fourth-order valence-corrected chi connectivity index (χ4v) is 2.10. The number of unbranched alkanes of at least 4 members (excludes halogenated alkanes) is 5. The number of hydrogen-bond donors (Lipinski definition) is 0. The van der Waals surface area contributed by atoms with Crippen LogP contribution in [0.4, 0.5) is 0 Å². The van der Waals surface area contributed by atoms with Gasteiger partial charge in [0.05, 0.1) is 13.2 Å². The Morgan fingerprint density at radius 2 is 1.54 bits per heavy atom. The average Bonchev–Trinajstić information content (AvgIpc) is 2.58. The first kappa shape index (κ1) is 20.1. The summed E-state index contributed by atoms with van der Waals surface area (Å²) in [6.45, 7) is 6.80. The van der Waals surface area contributed by atoms with E-state index in [0.717, 1.165) is 12.8 Å². The Hall–Kier alpha value is -1.91. The van der Waals surface area contributed by atoms with Crippen molar-refractivity contribution in [1.82, 2.24) is 4.98 Å². The molecule has 0 saturated carbocycles. The lowest BCUT2D eigenvalue weighted by molar-refractivity contribution is 0.0450. The smallest absolute Gasteiger partial charge is 0.356 e. The van der Waals surface area contributed by atoms with Crippen LogP contribution in [0.2, 0.25) is 0 Å². The lowest BCUT2D eigenvalue weighted by atomic mass is 10.1. The third-order valence-electron chi connectivity index (χ3n) is 3.45. The third kappa shape index (κ3) is 8.09. The molecule has 1 heterocycles. The van der Waals surface area contributed by atoms with E-state index < -0.39 is 11.9 Å². The Morgan fingerprint density at radius 1 is 0.958 bits per heavy atom. The maximum absolute atomic E-state index is 12.0. The zero-order valence-electron chi connectivity index (χ0n) is 15.0. The van der Waals surface area contributed by atoms with E-state index in [1.54, 1.807) is 12.1 Å². The van der Waals surface area contributed by atoms with Crippen molar-refractivity contribution in [2.75, 3.05) is 13.2 Å². The number of rotatable bonds is 11. The lowest BCUT2D eigenvalue weighted by Crippen LogP contribution is -2.15. The van der Waals surface area contributed by atoms with E-state index in [0.29, 0.717) is 13.2 Å². The fraction of sp³-hybridized carbons (Fsp3) is 0.632. The zero-order valence-corrected chi connectivity index (χ0v) is 15.0. The molecule has 0 atom stereocenters. The molecule has 0 spiro atoms. The second kappa shape index (κ2) is 11.6. The normalized spacial score (nSPS) is 10.7. The van der Waals surface area contributed by atoms with Crippen LogP contribution in [0, 0.1) is 5.92 Å². The molecule has 0 unspecified atom stereocenters. The van der Waals surface area contributed by atoms with Gasteiger partial charge in [0.2, 0.25) is 0 Å². The molecule has 0 fully saturated rings. The largest absolute Gasteiger partial charge is 0.461 e. The molecular formula is C19H29NO4. The SMILES string of the molecule is CCCCCCCCOC(=O)c1cccc(C(=O)OCC(C)C)n1. The Labute approximate surface area is 144 Å². The number of carbonyl (C=O) groups excluding carboxylic acids is 2. The van der Waals surface area contributed by atoms with Gasteiger partial charge in [0.25, 0.3) is 0 Å². The molecule has 0 aliphatic carbocycles. The van der Waals surface area contributed by atoms with Crippen LogP contribution in [-0.2, 0) is 9.47 Å². The maximum Gasteiger partial charge on any atom is 0.356 e. The molecule has 0 aliphatic rings. The second-order valence-corrected chi connectivity index (χ2v) is 6.30. The van der Waals surface area contributed by atoms with E-state index in [9.17, 15) is 9.59 Å². The van der Waals surface area contributed by atoms with Crippen LogP contribution in [0.1, 0.15) is 80.3 Å². The van der Waals surface area contributed by atoms with E-state index in [1.165, 1.54) is 31.7 Å². The first-order chi connectivity index (χ1) is 11.5. The topological polar surface area (TPSA) is 65.5 Å². The van der Waals surface area contributed by atoms with Gasteiger partial charge >= 0.3 is 11.9 Å². The molecule has 1 aromatic heterocycles. The highest BCUT2D eigenvalue weighted by molar-refractivity contribution is 5.91. The molecule has 5 nitrogen and oxygen atoms in total. The summed E-state index contributed by atoms with van der Waals surface area (Å²) in [5, 5.41) is 0. The van der Waals surface area contributed by atoms with Gasteiger partial charge in [0.15, 0.2) is 0 Å². The van der Waals surface area contributed by atoms with Crippen LogP contribution in [0.15, 0.2) is 18.2 Å². The molecule has 0 bridgehead atoms. The minimum Gasteiger partial charge on any atom is -0.461 e. The minimum atomic E-state index is -0.519. The van der Waals surface area contributed by atoms with Crippen molar-refractivity contribution in [2.45, 2.75) is 59.3 Å². The number of esters is 2. The molecule has 0 radical (unpaired) electrons. The van der Waals surface area contributed by atoms with Crippen LogP contribution in [-0.4, -0.2) is 30.1 Å². The fourth-order valence-electron chi connectivity index (χ4n) is 2.10. The lowest BCUT2D eigenvalue weighted by Gasteiger charge is -2.08. The maximum atomic E-state index is 12.0. The number of ether oxygens (including phenoxy) is 2. The van der Waals surface area contributed by atoms with Gasteiger partial charge in [-0.15, -0.1) is 0 Å². The Bertz CT molecular complexity index is 514. The summed E-state index contributed by atoms with van der Waals surface area (Å²) >= 11 is 0. The molecule has 1 rings (SSSR count). The number of aromatic nitrogens is 1. The molecule has 0 amide bonds. The first-order valence-corrected chi connectivity index (χ1v) is 8.86. The molecule has 1 aromatic rings. The molecule has 5 heteroatoms. The van der Waals surface area contributed by atoms with Gasteiger partial charge in [0.1, 0.15) is 11.4 Å². The van der Waals surface area contributed by atoms with Crippen molar-refractivity contribution in [3.63, 3.8) is 0 Å². The number of hydrogen-bond acceptors (Lipinski definition) is 5. The van der Waals surface area contributed by atoms with E-state index in [-0.39, 0.29) is 17.3 Å². The van der Waals surface area contributed by atoms with E-state index in [1.807, 2.05) is 13.8 Å². The van der Waals surface area contributed by atoms with Gasteiger partial charge in [0, 0.05) is 0 Å². The average molecular weight is 335 g/mol. The highest BCUT2D eigenvalue weighted by atomic mass is 16.5. The highest BCUT2D eigenvalue weighted by Gasteiger charge is 2.14. The van der Waals surface area contributed by atoms with Crippen LogP contribution >= 0.6 is 0 Å². The van der Waals surface area contributed by atoms with Gasteiger partial charge in [-0.2, -0.15) is 0 Å². The van der Waals surface area contributed by atoms with Crippen LogP contribution in [0.3, 0.4) is 0 Å². The summed E-state index contributed by atoms with van der Waals surface area (Å²) < 4.78 is 10.3. The summed E-state index contributed by atoms with van der Waals surface area (Å²) in [6.07, 6.45) is 6.78. The van der Waals surface area contributed by atoms with Crippen molar-refractivity contribution >= 4 is 11.9 Å². The van der Waals surface area contributed by atoms with Gasteiger partial charge in [-0.3, -0.25) is 0 Å². The van der Waals surface area contributed by atoms with E-state index >= 15 is 0 Å². The van der Waals surface area contributed by atoms with Crippen molar-refractivity contribution in [3.8, 4) is 0 Å². The van der Waals surface area contributed by atoms with E-state index in [2.05, 4.69) is 11.9 Å². The predicted octanol–water partition coefficient (Wildman–Crippen LogP) is 4.41. The first-order valence-electron chi connectivity index (χ1n) is 8.86. The molecule has 0 aromatic carbocycles. The second-order valence-electron chi connectivity index (χ2n) is 6.30. The molecule has 134 valence electrons. The monoisotopic (exact) mass is 335 g/mol. The van der Waals surface area contributed by atoms with Gasteiger partial charge in [-0.05, 0) is 24.5 Å². The van der Waals surface area contributed by atoms with Gasteiger partial charge in [-0.1, -0.05) is 58.9 Å². The summed E-state index contributed by atoms with van der Waals surface area (Å²) in [5.74, 6) is -0.768. The summed E-state index contributed by atoms with van der Waals surface area (Å²) in [6, 6.07) is 4.69. The Balaban J connectivity index is 2.39. The molecule has 0 aliphatic heterocycles.